The predicted octanol–water partition coefficient (Wildman–Crippen LogP) is 2.89. The fourth-order valence-electron chi connectivity index (χ4n) is 1.64. The molecule has 1 N–H and O–H groups in total. The third kappa shape index (κ3) is 2.36. The zero-order valence-corrected chi connectivity index (χ0v) is 9.34. The Morgan fingerprint density at radius 1 is 1.17 bits per heavy atom. The Morgan fingerprint density at radius 3 is 2.39 bits per heavy atom. The van der Waals surface area contributed by atoms with E-state index in [1.165, 1.54) is 6.07 Å². The maximum Gasteiger partial charge on any atom is 0.270 e. The molecule has 0 saturated heterocycles. The van der Waals surface area contributed by atoms with Crippen LogP contribution >= 0.6 is 0 Å². The number of non-ortho nitro benzene ring substituents is 1. The highest BCUT2D eigenvalue weighted by Crippen LogP contribution is 2.27. The van der Waals surface area contributed by atoms with Crippen LogP contribution < -0.4 is 0 Å². The highest BCUT2D eigenvalue weighted by Gasteiger charge is 2.12. The van der Waals surface area contributed by atoms with Crippen LogP contribution in [0.1, 0.15) is 5.56 Å². The highest BCUT2D eigenvalue weighted by atomic mass is 19.1. The topological polar surface area (TPSA) is 63.4 Å². The summed E-state index contributed by atoms with van der Waals surface area (Å²) in [5.41, 5.74) is 1.25. The quantitative estimate of drug-likeness (QED) is 0.670. The van der Waals surface area contributed by atoms with Crippen LogP contribution in [-0.2, 0) is 6.61 Å². The molecule has 2 rings (SSSR count). The average molecular weight is 247 g/mol. The number of hydrogen-bond donors (Lipinski definition) is 1. The summed E-state index contributed by atoms with van der Waals surface area (Å²) in [4.78, 5) is 10.1. The number of halogens is 1. The van der Waals surface area contributed by atoms with Gasteiger partial charge in [0, 0.05) is 17.7 Å². The average Bonchev–Trinajstić information content (AvgIpc) is 2.39. The van der Waals surface area contributed by atoms with E-state index in [2.05, 4.69) is 0 Å². The number of benzene rings is 2. The molecule has 0 aliphatic heterocycles. The smallest absolute Gasteiger partial charge is 0.270 e. The Bertz CT molecular complexity index is 581. The van der Waals surface area contributed by atoms with E-state index in [0.29, 0.717) is 11.1 Å². The fraction of sp³-hybridized carbons (Fsp3) is 0.0769. The minimum Gasteiger partial charge on any atom is -0.392 e. The largest absolute Gasteiger partial charge is 0.392 e. The van der Waals surface area contributed by atoms with E-state index in [1.807, 2.05) is 0 Å². The summed E-state index contributed by atoms with van der Waals surface area (Å²) in [5, 5.41) is 19.6. The van der Waals surface area contributed by atoms with Crippen LogP contribution in [0.4, 0.5) is 10.1 Å². The molecule has 0 bridgehead atoms. The second-order valence-electron chi connectivity index (χ2n) is 3.78. The van der Waals surface area contributed by atoms with Crippen LogP contribution in [0.3, 0.4) is 0 Å². The number of nitro benzene ring substituents is 1. The number of nitrogens with zero attached hydrogens (tertiary/aromatic N) is 1. The van der Waals surface area contributed by atoms with Crippen molar-refractivity contribution in [2.75, 3.05) is 0 Å². The Balaban J connectivity index is 2.48. The summed E-state index contributed by atoms with van der Waals surface area (Å²) >= 11 is 0. The lowest BCUT2D eigenvalue weighted by molar-refractivity contribution is -0.384. The van der Waals surface area contributed by atoms with E-state index in [9.17, 15) is 14.5 Å². The van der Waals surface area contributed by atoms with Crippen molar-refractivity contribution in [1.82, 2.24) is 0 Å². The summed E-state index contributed by atoms with van der Waals surface area (Å²) < 4.78 is 13.6. The molecule has 2 aromatic carbocycles. The van der Waals surface area contributed by atoms with Crippen molar-refractivity contribution in [3.05, 3.63) is 64.0 Å². The molecule has 0 heterocycles. The second-order valence-corrected chi connectivity index (χ2v) is 3.78. The van der Waals surface area contributed by atoms with Crippen molar-refractivity contribution in [3.63, 3.8) is 0 Å². The van der Waals surface area contributed by atoms with Crippen LogP contribution in [0.2, 0.25) is 0 Å². The standard InChI is InChI=1S/C13H10FNO3/c14-13-6-5-11(15(17)18)7-12(13)10-3-1-9(8-16)2-4-10/h1-7,16H,8H2. The van der Waals surface area contributed by atoms with Crippen molar-refractivity contribution in [2.45, 2.75) is 6.61 Å². The van der Waals surface area contributed by atoms with E-state index in [4.69, 9.17) is 5.11 Å². The molecule has 0 saturated carbocycles. The van der Waals surface area contributed by atoms with Crippen LogP contribution in [0, 0.1) is 15.9 Å². The monoisotopic (exact) mass is 247 g/mol. The first-order valence-corrected chi connectivity index (χ1v) is 5.26. The lowest BCUT2D eigenvalue weighted by atomic mass is 10.0. The molecule has 92 valence electrons. The van der Waals surface area contributed by atoms with Crippen molar-refractivity contribution in [2.24, 2.45) is 0 Å². The van der Waals surface area contributed by atoms with Crippen molar-refractivity contribution in [3.8, 4) is 11.1 Å². The number of hydrogen-bond acceptors (Lipinski definition) is 3. The van der Waals surface area contributed by atoms with Gasteiger partial charge in [-0.1, -0.05) is 24.3 Å². The van der Waals surface area contributed by atoms with Crippen LogP contribution in [-0.4, -0.2) is 10.0 Å². The molecule has 5 heteroatoms. The predicted molar refractivity (Wildman–Crippen MR) is 64.4 cm³/mol. The van der Waals surface area contributed by atoms with Crippen LogP contribution in [0.25, 0.3) is 11.1 Å². The van der Waals surface area contributed by atoms with E-state index in [-0.39, 0.29) is 17.9 Å². The van der Waals surface area contributed by atoms with Gasteiger partial charge in [0.05, 0.1) is 11.5 Å². The first-order valence-electron chi connectivity index (χ1n) is 5.26. The van der Waals surface area contributed by atoms with Gasteiger partial charge in [-0.05, 0) is 17.2 Å². The maximum absolute atomic E-state index is 13.6. The molecule has 2 aromatic rings. The molecular formula is C13H10FNO3. The summed E-state index contributed by atoms with van der Waals surface area (Å²) in [7, 11) is 0. The number of nitro groups is 1. The Hall–Kier alpha value is -2.27. The minimum atomic E-state index is -0.564. The Labute approximate surface area is 102 Å². The third-order valence-corrected chi connectivity index (χ3v) is 2.61. The third-order valence-electron chi connectivity index (χ3n) is 2.61. The van der Waals surface area contributed by atoms with Crippen molar-refractivity contribution in [1.29, 1.82) is 0 Å². The Morgan fingerprint density at radius 2 is 1.83 bits per heavy atom. The van der Waals surface area contributed by atoms with E-state index in [1.54, 1.807) is 24.3 Å². The fourth-order valence-corrected chi connectivity index (χ4v) is 1.64. The molecule has 0 aliphatic carbocycles. The highest BCUT2D eigenvalue weighted by molar-refractivity contribution is 5.67. The van der Waals surface area contributed by atoms with E-state index < -0.39 is 10.7 Å². The molecule has 0 radical (unpaired) electrons. The van der Waals surface area contributed by atoms with Gasteiger partial charge in [0.1, 0.15) is 5.82 Å². The molecule has 0 aromatic heterocycles. The number of rotatable bonds is 3. The summed E-state index contributed by atoms with van der Waals surface area (Å²) in [6.07, 6.45) is 0. The normalized spacial score (nSPS) is 10.3. The molecule has 0 atom stereocenters. The first kappa shape index (κ1) is 12.2. The van der Waals surface area contributed by atoms with Crippen molar-refractivity contribution < 1.29 is 14.4 Å². The summed E-state index contributed by atoms with van der Waals surface area (Å²) in [5.74, 6) is -0.516. The molecule has 0 unspecified atom stereocenters. The molecule has 4 nitrogen and oxygen atoms in total. The zero-order valence-electron chi connectivity index (χ0n) is 9.34. The van der Waals surface area contributed by atoms with Gasteiger partial charge in [0.15, 0.2) is 0 Å². The van der Waals surface area contributed by atoms with Gasteiger partial charge in [-0.2, -0.15) is 0 Å². The van der Waals surface area contributed by atoms with Gasteiger partial charge in [-0.3, -0.25) is 10.1 Å². The molecular weight excluding hydrogens is 237 g/mol. The molecule has 0 amide bonds. The van der Waals surface area contributed by atoms with Crippen LogP contribution in [0.15, 0.2) is 42.5 Å². The van der Waals surface area contributed by atoms with Crippen LogP contribution in [0.5, 0.6) is 0 Å². The molecule has 18 heavy (non-hydrogen) atoms. The first-order chi connectivity index (χ1) is 8.61. The van der Waals surface area contributed by atoms with Gasteiger partial charge in [-0.25, -0.2) is 4.39 Å². The SMILES string of the molecule is O=[N+]([O-])c1ccc(F)c(-c2ccc(CO)cc2)c1. The van der Waals surface area contributed by atoms with Gasteiger partial charge in [0.2, 0.25) is 0 Å². The van der Waals surface area contributed by atoms with Gasteiger partial charge >= 0.3 is 0 Å². The number of aliphatic hydroxyl groups is 1. The summed E-state index contributed by atoms with van der Waals surface area (Å²) in [6, 6.07) is 9.93. The lowest BCUT2D eigenvalue weighted by Gasteiger charge is -2.04. The van der Waals surface area contributed by atoms with Gasteiger partial charge in [-0.15, -0.1) is 0 Å². The van der Waals surface area contributed by atoms with Gasteiger partial charge in [0.25, 0.3) is 5.69 Å². The summed E-state index contributed by atoms with van der Waals surface area (Å²) in [6.45, 7) is -0.0995. The molecule has 0 aliphatic rings. The minimum absolute atomic E-state index is 0.0995. The van der Waals surface area contributed by atoms with Gasteiger partial charge < -0.3 is 5.11 Å². The second kappa shape index (κ2) is 4.93. The maximum atomic E-state index is 13.6. The van der Waals surface area contributed by atoms with E-state index in [0.717, 1.165) is 12.1 Å². The Kier molecular flexibility index (Phi) is 3.34. The zero-order chi connectivity index (χ0) is 13.1. The van der Waals surface area contributed by atoms with E-state index >= 15 is 0 Å². The van der Waals surface area contributed by atoms with Crippen molar-refractivity contribution >= 4 is 5.69 Å². The number of aliphatic hydroxyl groups excluding tert-OH is 1. The molecule has 0 spiro atoms. The lowest BCUT2D eigenvalue weighted by Crippen LogP contribution is -1.91. The molecule has 0 fully saturated rings.